The van der Waals surface area contributed by atoms with Gasteiger partial charge >= 0.3 is 0 Å². The molecule has 29 heavy (non-hydrogen) atoms. The molecule has 1 saturated heterocycles. The number of carbonyl (C=O) groups is 3. The summed E-state index contributed by atoms with van der Waals surface area (Å²) in [5.41, 5.74) is 10.4. The molecule has 0 aliphatic carbocycles. The van der Waals surface area contributed by atoms with Crippen LogP contribution in [0.15, 0.2) is 42.5 Å². The van der Waals surface area contributed by atoms with Crippen molar-refractivity contribution in [1.29, 1.82) is 0 Å². The molecule has 150 valence electrons. The first-order valence-corrected chi connectivity index (χ1v) is 9.81. The van der Waals surface area contributed by atoms with Crippen molar-refractivity contribution in [2.45, 2.75) is 45.1 Å². The van der Waals surface area contributed by atoms with Crippen LogP contribution < -0.4 is 16.4 Å². The lowest BCUT2D eigenvalue weighted by atomic mass is 10.0. The molecular formula is C22H24N4O3. The second kappa shape index (κ2) is 8.14. The summed E-state index contributed by atoms with van der Waals surface area (Å²) < 4.78 is 0. The highest BCUT2D eigenvalue weighted by Crippen LogP contribution is 2.29. The minimum Gasteiger partial charge on any atom is -0.326 e. The minimum atomic E-state index is -0.590. The fraction of sp³-hybridized carbons (Fsp3) is 0.318. The third kappa shape index (κ3) is 3.92. The zero-order valence-corrected chi connectivity index (χ0v) is 16.1. The maximum Gasteiger partial charge on any atom is 0.255 e. The van der Waals surface area contributed by atoms with Gasteiger partial charge in [-0.25, -0.2) is 0 Å². The first kappa shape index (κ1) is 19.3. The Morgan fingerprint density at radius 2 is 1.86 bits per heavy atom. The largest absolute Gasteiger partial charge is 0.326 e. The van der Waals surface area contributed by atoms with Crippen molar-refractivity contribution in [2.75, 3.05) is 0 Å². The quantitative estimate of drug-likeness (QED) is 0.641. The Kier molecular flexibility index (Phi) is 5.42. The van der Waals surface area contributed by atoms with Crippen molar-refractivity contribution in [3.63, 3.8) is 0 Å². The van der Waals surface area contributed by atoms with Gasteiger partial charge in [0.2, 0.25) is 11.8 Å². The number of fused-ring (bicyclic) bond motifs is 1. The highest BCUT2D eigenvalue weighted by Gasteiger charge is 2.39. The SMILES string of the molecule is NCc1cccc(CNCc2cccc3c2C(=O)N(C2CCC(=O)NC2=O)C3)c1. The van der Waals surface area contributed by atoms with Crippen LogP contribution in [-0.2, 0) is 35.8 Å². The van der Waals surface area contributed by atoms with Gasteiger partial charge in [0.15, 0.2) is 0 Å². The third-order valence-corrected chi connectivity index (χ3v) is 5.51. The standard InChI is InChI=1S/C22H24N4O3/c23-10-14-3-1-4-15(9-14)11-24-12-16-5-2-6-17-13-26(22(29)20(16)17)18-7-8-19(27)25-21(18)28/h1-6,9,18,24H,7-8,10-13,23H2,(H,25,27,28). The summed E-state index contributed by atoms with van der Waals surface area (Å²) in [7, 11) is 0. The number of imide groups is 1. The Morgan fingerprint density at radius 1 is 1.07 bits per heavy atom. The van der Waals surface area contributed by atoms with Crippen LogP contribution in [0.4, 0.5) is 0 Å². The molecule has 7 nitrogen and oxygen atoms in total. The Bertz CT molecular complexity index is 972. The molecule has 0 spiro atoms. The van der Waals surface area contributed by atoms with E-state index in [-0.39, 0.29) is 24.1 Å². The number of nitrogens with one attached hydrogen (secondary N) is 2. The molecule has 7 heteroatoms. The average molecular weight is 392 g/mol. The molecule has 2 aromatic carbocycles. The van der Waals surface area contributed by atoms with E-state index in [4.69, 9.17) is 5.73 Å². The predicted molar refractivity (Wildman–Crippen MR) is 107 cm³/mol. The zero-order valence-electron chi connectivity index (χ0n) is 16.1. The molecular weight excluding hydrogens is 368 g/mol. The molecule has 0 radical (unpaired) electrons. The average Bonchev–Trinajstić information content (AvgIpc) is 3.05. The minimum absolute atomic E-state index is 0.142. The maximum atomic E-state index is 13.1. The van der Waals surface area contributed by atoms with Gasteiger partial charge in [0.1, 0.15) is 6.04 Å². The van der Waals surface area contributed by atoms with E-state index in [2.05, 4.69) is 16.7 Å². The van der Waals surface area contributed by atoms with Gasteiger partial charge in [0.25, 0.3) is 5.91 Å². The summed E-state index contributed by atoms with van der Waals surface area (Å²) in [6.45, 7) is 2.12. The van der Waals surface area contributed by atoms with Crippen LogP contribution >= 0.6 is 0 Å². The number of carbonyl (C=O) groups excluding carboxylic acids is 3. The van der Waals surface area contributed by atoms with Crippen LogP contribution in [0.2, 0.25) is 0 Å². The van der Waals surface area contributed by atoms with Crippen molar-refractivity contribution < 1.29 is 14.4 Å². The summed E-state index contributed by atoms with van der Waals surface area (Å²) >= 11 is 0. The van der Waals surface area contributed by atoms with Gasteiger partial charge < -0.3 is 16.0 Å². The van der Waals surface area contributed by atoms with Gasteiger partial charge in [-0.05, 0) is 28.7 Å². The number of amides is 3. The molecule has 0 saturated carbocycles. The lowest BCUT2D eigenvalue weighted by Gasteiger charge is -2.29. The van der Waals surface area contributed by atoms with E-state index in [9.17, 15) is 14.4 Å². The number of nitrogens with zero attached hydrogens (tertiary/aromatic N) is 1. The number of hydrogen-bond donors (Lipinski definition) is 3. The van der Waals surface area contributed by atoms with Crippen molar-refractivity contribution in [2.24, 2.45) is 5.73 Å². The highest BCUT2D eigenvalue weighted by atomic mass is 16.2. The van der Waals surface area contributed by atoms with E-state index < -0.39 is 6.04 Å². The second-order valence-corrected chi connectivity index (χ2v) is 7.48. The van der Waals surface area contributed by atoms with Gasteiger partial charge in [-0.15, -0.1) is 0 Å². The van der Waals surface area contributed by atoms with Gasteiger partial charge in [-0.3, -0.25) is 19.7 Å². The first-order valence-electron chi connectivity index (χ1n) is 9.81. The van der Waals surface area contributed by atoms with Gasteiger partial charge in [0, 0.05) is 38.2 Å². The molecule has 4 rings (SSSR count). The monoisotopic (exact) mass is 392 g/mol. The Labute approximate surface area is 169 Å². The fourth-order valence-electron chi connectivity index (χ4n) is 4.05. The normalized spacial score (nSPS) is 18.7. The number of hydrogen-bond acceptors (Lipinski definition) is 5. The van der Waals surface area contributed by atoms with E-state index in [1.54, 1.807) is 4.90 Å². The molecule has 2 heterocycles. The summed E-state index contributed by atoms with van der Waals surface area (Å²) in [6.07, 6.45) is 0.627. The van der Waals surface area contributed by atoms with Crippen LogP contribution in [0.25, 0.3) is 0 Å². The summed E-state index contributed by atoms with van der Waals surface area (Å²) in [5.74, 6) is -0.808. The predicted octanol–water partition coefficient (Wildman–Crippen LogP) is 1.20. The van der Waals surface area contributed by atoms with Crippen LogP contribution in [0, 0.1) is 0 Å². The summed E-state index contributed by atoms with van der Waals surface area (Å²) in [6, 6.07) is 13.3. The van der Waals surface area contributed by atoms with E-state index in [1.165, 1.54) is 0 Å². The van der Waals surface area contributed by atoms with E-state index >= 15 is 0 Å². The van der Waals surface area contributed by atoms with Crippen LogP contribution in [0.3, 0.4) is 0 Å². The van der Waals surface area contributed by atoms with Crippen molar-refractivity contribution in [3.8, 4) is 0 Å². The second-order valence-electron chi connectivity index (χ2n) is 7.48. The molecule has 1 atom stereocenters. The van der Waals surface area contributed by atoms with E-state index in [0.29, 0.717) is 38.2 Å². The molecule has 1 unspecified atom stereocenters. The van der Waals surface area contributed by atoms with E-state index in [1.807, 2.05) is 36.4 Å². The maximum absolute atomic E-state index is 13.1. The van der Waals surface area contributed by atoms with Crippen LogP contribution in [-0.4, -0.2) is 28.7 Å². The highest BCUT2D eigenvalue weighted by molar-refractivity contribution is 6.05. The fourth-order valence-corrected chi connectivity index (χ4v) is 4.05. The van der Waals surface area contributed by atoms with Crippen molar-refractivity contribution in [3.05, 3.63) is 70.3 Å². The summed E-state index contributed by atoms with van der Waals surface area (Å²) in [4.78, 5) is 38.3. The number of piperidine rings is 1. The molecule has 2 aromatic rings. The lowest BCUT2D eigenvalue weighted by Crippen LogP contribution is -2.52. The molecule has 3 amide bonds. The lowest BCUT2D eigenvalue weighted by molar-refractivity contribution is -0.136. The molecule has 0 aromatic heterocycles. The third-order valence-electron chi connectivity index (χ3n) is 5.51. The molecule has 2 aliphatic rings. The molecule has 4 N–H and O–H groups in total. The Hall–Kier alpha value is -3.03. The molecule has 1 fully saturated rings. The number of rotatable bonds is 6. The van der Waals surface area contributed by atoms with Gasteiger partial charge in [0.05, 0.1) is 0 Å². The summed E-state index contributed by atoms with van der Waals surface area (Å²) in [5, 5.41) is 5.73. The van der Waals surface area contributed by atoms with Crippen molar-refractivity contribution in [1.82, 2.24) is 15.5 Å². The number of benzene rings is 2. The van der Waals surface area contributed by atoms with Crippen LogP contribution in [0.1, 0.15) is 45.5 Å². The van der Waals surface area contributed by atoms with Crippen LogP contribution in [0.5, 0.6) is 0 Å². The van der Waals surface area contributed by atoms with E-state index in [0.717, 1.165) is 22.3 Å². The van der Waals surface area contributed by atoms with Gasteiger partial charge in [-0.2, -0.15) is 0 Å². The Morgan fingerprint density at radius 3 is 2.66 bits per heavy atom. The smallest absolute Gasteiger partial charge is 0.255 e. The van der Waals surface area contributed by atoms with Gasteiger partial charge in [-0.1, -0.05) is 42.5 Å². The molecule has 2 aliphatic heterocycles. The Balaban J connectivity index is 1.46. The number of nitrogens with two attached hydrogens (primary N) is 1. The molecule has 0 bridgehead atoms. The van der Waals surface area contributed by atoms with Crippen molar-refractivity contribution >= 4 is 17.7 Å². The first-order chi connectivity index (χ1) is 14.1. The zero-order chi connectivity index (χ0) is 20.4. The topological polar surface area (TPSA) is 105 Å².